The molecule has 1 saturated heterocycles. The molecule has 168 valence electrons. The third-order valence-corrected chi connectivity index (χ3v) is 6.13. The quantitative estimate of drug-likeness (QED) is 0.514. The van der Waals surface area contributed by atoms with Crippen LogP contribution in [0.5, 0.6) is 17.2 Å². The molecule has 0 aliphatic carbocycles. The summed E-state index contributed by atoms with van der Waals surface area (Å²) in [5, 5.41) is 0.564. The molecule has 0 spiro atoms. The lowest BCUT2D eigenvalue weighted by atomic mass is 10.1. The minimum absolute atomic E-state index is 0.00194. The fraction of sp³-hybridized carbons (Fsp3) is 0.231. The summed E-state index contributed by atoms with van der Waals surface area (Å²) in [5.74, 6) is 2.82. The zero-order valence-electron chi connectivity index (χ0n) is 18.3. The second kappa shape index (κ2) is 9.16. The third-order valence-electron chi connectivity index (χ3n) is 5.90. The largest absolute Gasteiger partial charge is 0.493 e. The van der Waals surface area contributed by atoms with Crippen molar-refractivity contribution in [2.45, 2.75) is 6.42 Å². The summed E-state index contributed by atoms with van der Waals surface area (Å²) >= 11 is 6.10. The van der Waals surface area contributed by atoms with Gasteiger partial charge in [0.1, 0.15) is 11.5 Å². The highest BCUT2D eigenvalue weighted by Gasteiger charge is 2.28. The predicted molar refractivity (Wildman–Crippen MR) is 129 cm³/mol. The first-order valence-electron chi connectivity index (χ1n) is 11.0. The molecule has 0 radical (unpaired) electrons. The average Bonchev–Trinajstić information content (AvgIpc) is 3.18. The van der Waals surface area contributed by atoms with Gasteiger partial charge in [-0.2, -0.15) is 0 Å². The highest BCUT2D eigenvalue weighted by Crippen LogP contribution is 2.42. The van der Waals surface area contributed by atoms with Crippen LogP contribution >= 0.6 is 11.6 Å². The van der Waals surface area contributed by atoms with Crippen molar-refractivity contribution < 1.29 is 14.3 Å². The normalized spacial score (nSPS) is 15.4. The molecule has 1 amide bonds. The molecule has 2 aliphatic heterocycles. The molecule has 1 fully saturated rings. The van der Waals surface area contributed by atoms with Gasteiger partial charge in [-0.25, -0.2) is 4.99 Å². The van der Waals surface area contributed by atoms with Gasteiger partial charge in [-0.15, -0.1) is 0 Å². The van der Waals surface area contributed by atoms with Gasteiger partial charge >= 0.3 is 0 Å². The number of nitrogens with zero attached hydrogens (tertiary/aromatic N) is 3. The van der Waals surface area contributed by atoms with Crippen molar-refractivity contribution in [1.82, 2.24) is 9.80 Å². The molecule has 7 heteroatoms. The number of halogens is 1. The van der Waals surface area contributed by atoms with Gasteiger partial charge in [0.25, 0.3) is 5.91 Å². The lowest BCUT2D eigenvalue weighted by Gasteiger charge is -2.25. The Morgan fingerprint density at radius 3 is 2.70 bits per heavy atom. The Hall–Kier alpha value is -3.51. The van der Waals surface area contributed by atoms with E-state index in [-0.39, 0.29) is 5.91 Å². The summed E-state index contributed by atoms with van der Waals surface area (Å²) in [4.78, 5) is 22.2. The standard InChI is InChI=1S/C26H24ClN3O3/c1-32-23-12-5-9-20-24(23)33-22-11-3-2-10-21(22)28-25(20)29-13-6-14-30(16-15-29)26(31)18-7-4-8-19(27)17-18/h2-5,7-12,17H,6,13-16H2,1H3. The van der Waals surface area contributed by atoms with Crippen LogP contribution in [-0.2, 0) is 0 Å². The highest BCUT2D eigenvalue weighted by molar-refractivity contribution is 6.30. The number of rotatable bonds is 2. The van der Waals surface area contributed by atoms with Crippen molar-refractivity contribution in [3.8, 4) is 17.2 Å². The molecule has 3 aromatic rings. The van der Waals surface area contributed by atoms with Crippen molar-refractivity contribution in [2.75, 3.05) is 33.3 Å². The van der Waals surface area contributed by atoms with E-state index in [1.54, 1.807) is 19.2 Å². The Morgan fingerprint density at radius 1 is 1.00 bits per heavy atom. The molecule has 3 aromatic carbocycles. The minimum Gasteiger partial charge on any atom is -0.493 e. The van der Waals surface area contributed by atoms with Crippen LogP contribution < -0.4 is 9.47 Å². The molecule has 2 heterocycles. The smallest absolute Gasteiger partial charge is 0.253 e. The Morgan fingerprint density at radius 2 is 1.85 bits per heavy atom. The molecular formula is C26H24ClN3O3. The molecule has 0 aromatic heterocycles. The summed E-state index contributed by atoms with van der Waals surface area (Å²) in [6.07, 6.45) is 0.827. The van der Waals surface area contributed by atoms with E-state index in [4.69, 9.17) is 26.1 Å². The number of amides is 1. The van der Waals surface area contributed by atoms with Gasteiger partial charge < -0.3 is 19.3 Å². The number of hydrogen-bond donors (Lipinski definition) is 0. The molecular weight excluding hydrogens is 438 g/mol. The topological polar surface area (TPSA) is 54.4 Å². The first-order valence-corrected chi connectivity index (χ1v) is 11.3. The van der Waals surface area contributed by atoms with Crippen molar-refractivity contribution in [3.05, 3.63) is 82.9 Å². The summed E-state index contributed by atoms with van der Waals surface area (Å²) in [6.45, 7) is 2.69. The van der Waals surface area contributed by atoms with Crippen LogP contribution in [0, 0.1) is 0 Å². The maximum atomic E-state index is 13.1. The number of carbonyl (C=O) groups excluding carboxylic acids is 1. The zero-order chi connectivity index (χ0) is 22.8. The number of fused-ring (bicyclic) bond motifs is 2. The zero-order valence-corrected chi connectivity index (χ0v) is 19.1. The number of methoxy groups -OCH3 is 1. The molecule has 0 bridgehead atoms. The molecule has 5 rings (SSSR count). The van der Waals surface area contributed by atoms with Gasteiger partial charge in [-0.05, 0) is 48.9 Å². The number of aliphatic imine (C=N–C) groups is 1. The van der Waals surface area contributed by atoms with Crippen molar-refractivity contribution in [2.24, 2.45) is 4.99 Å². The van der Waals surface area contributed by atoms with Crippen LogP contribution in [0.3, 0.4) is 0 Å². The van der Waals surface area contributed by atoms with Gasteiger partial charge in [0.15, 0.2) is 17.2 Å². The Bertz CT molecular complexity index is 1230. The maximum absolute atomic E-state index is 13.1. The first kappa shape index (κ1) is 21.3. The molecule has 0 unspecified atom stereocenters. The Balaban J connectivity index is 1.46. The molecule has 0 saturated carbocycles. The van der Waals surface area contributed by atoms with Crippen LogP contribution in [-0.4, -0.2) is 54.8 Å². The van der Waals surface area contributed by atoms with Gasteiger partial charge in [0.05, 0.1) is 12.7 Å². The van der Waals surface area contributed by atoms with Gasteiger partial charge in [0, 0.05) is 36.8 Å². The fourth-order valence-corrected chi connectivity index (χ4v) is 4.45. The van der Waals surface area contributed by atoms with E-state index in [1.807, 2.05) is 59.5 Å². The van der Waals surface area contributed by atoms with Gasteiger partial charge in [-0.3, -0.25) is 4.79 Å². The van der Waals surface area contributed by atoms with E-state index in [2.05, 4.69) is 4.90 Å². The summed E-state index contributed by atoms with van der Waals surface area (Å²) in [7, 11) is 1.64. The number of carbonyl (C=O) groups is 1. The van der Waals surface area contributed by atoms with E-state index >= 15 is 0 Å². The van der Waals surface area contributed by atoms with Crippen molar-refractivity contribution >= 4 is 29.0 Å². The lowest BCUT2D eigenvalue weighted by molar-refractivity contribution is 0.0764. The highest BCUT2D eigenvalue weighted by atomic mass is 35.5. The predicted octanol–water partition coefficient (Wildman–Crippen LogP) is 5.38. The van der Waals surface area contributed by atoms with Crippen LogP contribution in [0.1, 0.15) is 22.3 Å². The summed E-state index contributed by atoms with van der Waals surface area (Å²) in [6, 6.07) is 20.7. The summed E-state index contributed by atoms with van der Waals surface area (Å²) in [5.41, 5.74) is 2.25. The van der Waals surface area contributed by atoms with Crippen LogP contribution in [0.25, 0.3) is 0 Å². The van der Waals surface area contributed by atoms with Gasteiger partial charge in [0.2, 0.25) is 0 Å². The van der Waals surface area contributed by atoms with Crippen LogP contribution in [0.2, 0.25) is 5.02 Å². The first-order chi connectivity index (χ1) is 16.1. The van der Waals surface area contributed by atoms with Crippen molar-refractivity contribution in [1.29, 1.82) is 0 Å². The van der Waals surface area contributed by atoms with E-state index in [0.29, 0.717) is 47.5 Å². The number of amidine groups is 1. The monoisotopic (exact) mass is 461 g/mol. The molecule has 2 aliphatic rings. The van der Waals surface area contributed by atoms with Crippen LogP contribution in [0.15, 0.2) is 71.7 Å². The third kappa shape index (κ3) is 4.26. The fourth-order valence-electron chi connectivity index (χ4n) is 4.26. The molecule has 6 nitrogen and oxygen atoms in total. The number of benzene rings is 3. The molecule has 33 heavy (non-hydrogen) atoms. The number of hydrogen-bond acceptors (Lipinski definition) is 5. The van der Waals surface area contributed by atoms with Crippen LogP contribution in [0.4, 0.5) is 5.69 Å². The van der Waals surface area contributed by atoms with E-state index in [9.17, 15) is 4.79 Å². The lowest BCUT2D eigenvalue weighted by Crippen LogP contribution is -2.37. The summed E-state index contributed by atoms with van der Waals surface area (Å²) < 4.78 is 11.9. The minimum atomic E-state index is -0.00194. The average molecular weight is 462 g/mol. The Kier molecular flexibility index (Phi) is 5.92. The van der Waals surface area contributed by atoms with E-state index < -0.39 is 0 Å². The number of para-hydroxylation sites is 3. The van der Waals surface area contributed by atoms with E-state index in [0.717, 1.165) is 30.1 Å². The Labute approximate surface area is 198 Å². The molecule has 0 atom stereocenters. The second-order valence-corrected chi connectivity index (χ2v) is 8.42. The second-order valence-electron chi connectivity index (χ2n) is 7.99. The SMILES string of the molecule is COc1cccc2c1Oc1ccccc1N=C2N1CCCN(C(=O)c2cccc(Cl)c2)CC1. The maximum Gasteiger partial charge on any atom is 0.253 e. The van der Waals surface area contributed by atoms with Crippen molar-refractivity contribution in [3.63, 3.8) is 0 Å². The van der Waals surface area contributed by atoms with Gasteiger partial charge in [-0.1, -0.05) is 35.9 Å². The molecule has 0 N–H and O–H groups in total. The number of ether oxygens (including phenoxy) is 2. The van der Waals surface area contributed by atoms with E-state index in [1.165, 1.54) is 0 Å².